The molecule has 0 saturated carbocycles. The van der Waals surface area contributed by atoms with Crippen LogP contribution in [0, 0.1) is 0 Å². The van der Waals surface area contributed by atoms with Crippen molar-refractivity contribution in [2.75, 3.05) is 7.11 Å². The zero-order chi connectivity index (χ0) is 14.5. The predicted molar refractivity (Wildman–Crippen MR) is 80.1 cm³/mol. The number of pyridine rings is 1. The fourth-order valence-corrected chi connectivity index (χ4v) is 2.11. The average molecular weight is 272 g/mol. The van der Waals surface area contributed by atoms with Crippen LogP contribution < -0.4 is 10.1 Å². The molecule has 0 spiro atoms. The summed E-state index contributed by atoms with van der Waals surface area (Å²) in [7, 11) is 1.62. The van der Waals surface area contributed by atoms with E-state index in [9.17, 15) is 4.79 Å². The summed E-state index contributed by atoms with van der Waals surface area (Å²) in [5.41, 5.74) is 1.41. The van der Waals surface area contributed by atoms with E-state index in [1.165, 1.54) is 0 Å². The van der Waals surface area contributed by atoms with Gasteiger partial charge in [-0.1, -0.05) is 13.8 Å². The number of nitrogens with one attached hydrogen (secondary N) is 1. The van der Waals surface area contributed by atoms with E-state index in [1.54, 1.807) is 13.3 Å². The van der Waals surface area contributed by atoms with Crippen molar-refractivity contribution in [1.29, 1.82) is 0 Å². The minimum Gasteiger partial charge on any atom is -0.497 e. The van der Waals surface area contributed by atoms with Gasteiger partial charge in [-0.25, -0.2) is 0 Å². The number of benzene rings is 1. The number of rotatable bonds is 5. The molecule has 106 valence electrons. The quantitative estimate of drug-likeness (QED) is 0.909. The van der Waals surface area contributed by atoms with Crippen LogP contribution in [-0.4, -0.2) is 24.0 Å². The fourth-order valence-electron chi connectivity index (χ4n) is 2.11. The number of nitrogens with zero attached hydrogens (tertiary/aromatic N) is 1. The van der Waals surface area contributed by atoms with Gasteiger partial charge in [-0.2, -0.15) is 0 Å². The molecule has 0 radical (unpaired) electrons. The zero-order valence-corrected chi connectivity index (χ0v) is 12.1. The first-order valence-corrected chi connectivity index (χ1v) is 6.92. The van der Waals surface area contributed by atoms with Gasteiger partial charge in [-0.15, -0.1) is 0 Å². The third kappa shape index (κ3) is 3.07. The lowest BCUT2D eigenvalue weighted by atomic mass is 10.1. The molecular formula is C16H20N2O2. The lowest BCUT2D eigenvalue weighted by molar-refractivity contribution is 0.0934. The minimum absolute atomic E-state index is 0.0658. The number of fused-ring (bicyclic) bond motifs is 1. The summed E-state index contributed by atoms with van der Waals surface area (Å²) in [6.45, 7) is 4.14. The van der Waals surface area contributed by atoms with E-state index in [0.29, 0.717) is 5.56 Å². The van der Waals surface area contributed by atoms with Crippen LogP contribution >= 0.6 is 0 Å². The largest absolute Gasteiger partial charge is 0.497 e. The SMILES string of the molecule is CCC(CC)NC(=O)c1cnc2cc(OC)ccc2c1. The Morgan fingerprint density at radius 1 is 1.30 bits per heavy atom. The third-order valence-corrected chi connectivity index (χ3v) is 3.47. The summed E-state index contributed by atoms with van der Waals surface area (Å²) in [6, 6.07) is 7.72. The first kappa shape index (κ1) is 14.3. The average Bonchev–Trinajstić information content (AvgIpc) is 2.51. The van der Waals surface area contributed by atoms with Crippen LogP contribution in [0.5, 0.6) is 5.75 Å². The molecule has 0 aliphatic rings. The third-order valence-electron chi connectivity index (χ3n) is 3.47. The number of carbonyl (C=O) groups excluding carboxylic acids is 1. The summed E-state index contributed by atoms with van der Waals surface area (Å²) in [6.07, 6.45) is 3.47. The highest BCUT2D eigenvalue weighted by Crippen LogP contribution is 2.19. The van der Waals surface area contributed by atoms with Gasteiger partial charge in [0, 0.05) is 23.7 Å². The molecule has 0 atom stereocenters. The molecule has 1 aromatic heterocycles. The molecule has 0 fully saturated rings. The summed E-state index contributed by atoms with van der Waals surface area (Å²) >= 11 is 0. The second-order valence-electron chi connectivity index (χ2n) is 4.77. The molecule has 0 aliphatic heterocycles. The van der Waals surface area contributed by atoms with Crippen LogP contribution in [0.4, 0.5) is 0 Å². The van der Waals surface area contributed by atoms with Gasteiger partial charge >= 0.3 is 0 Å². The Balaban J connectivity index is 2.25. The first-order chi connectivity index (χ1) is 9.67. The Kier molecular flexibility index (Phi) is 4.56. The summed E-state index contributed by atoms with van der Waals surface area (Å²) in [4.78, 5) is 16.5. The van der Waals surface area contributed by atoms with Gasteiger partial charge < -0.3 is 10.1 Å². The van der Waals surface area contributed by atoms with E-state index >= 15 is 0 Å². The van der Waals surface area contributed by atoms with Crippen LogP contribution in [0.15, 0.2) is 30.5 Å². The van der Waals surface area contributed by atoms with Crippen LogP contribution in [-0.2, 0) is 0 Å². The number of hydrogen-bond donors (Lipinski definition) is 1. The van der Waals surface area contributed by atoms with Gasteiger partial charge in [0.1, 0.15) is 5.75 Å². The second kappa shape index (κ2) is 6.37. The van der Waals surface area contributed by atoms with E-state index in [4.69, 9.17) is 4.74 Å². The van der Waals surface area contributed by atoms with Crippen molar-refractivity contribution in [1.82, 2.24) is 10.3 Å². The first-order valence-electron chi connectivity index (χ1n) is 6.92. The second-order valence-corrected chi connectivity index (χ2v) is 4.77. The van der Waals surface area contributed by atoms with E-state index in [1.807, 2.05) is 24.3 Å². The van der Waals surface area contributed by atoms with Crippen molar-refractivity contribution < 1.29 is 9.53 Å². The Bertz CT molecular complexity index is 606. The normalized spacial score (nSPS) is 10.8. The van der Waals surface area contributed by atoms with Gasteiger partial charge in [0.05, 0.1) is 18.2 Å². The maximum atomic E-state index is 12.2. The summed E-state index contributed by atoms with van der Waals surface area (Å²) in [5.74, 6) is 0.697. The molecule has 0 unspecified atom stereocenters. The monoisotopic (exact) mass is 272 g/mol. The molecule has 1 heterocycles. The standard InChI is InChI=1S/C16H20N2O2/c1-4-13(5-2)18-16(19)12-8-11-6-7-14(20-3)9-15(11)17-10-12/h6-10,13H,4-5H2,1-3H3,(H,18,19). The Labute approximate surface area is 119 Å². The van der Waals surface area contributed by atoms with Crippen LogP contribution in [0.2, 0.25) is 0 Å². The van der Waals surface area contributed by atoms with Gasteiger partial charge in [-0.3, -0.25) is 9.78 Å². The van der Waals surface area contributed by atoms with Crippen molar-refractivity contribution in [3.63, 3.8) is 0 Å². The van der Waals surface area contributed by atoms with Gasteiger partial charge in [0.25, 0.3) is 5.91 Å². The maximum Gasteiger partial charge on any atom is 0.253 e. The number of methoxy groups -OCH3 is 1. The van der Waals surface area contributed by atoms with E-state index in [-0.39, 0.29) is 11.9 Å². The smallest absolute Gasteiger partial charge is 0.253 e. The topological polar surface area (TPSA) is 51.2 Å². The van der Waals surface area contributed by atoms with E-state index in [2.05, 4.69) is 24.1 Å². The number of ether oxygens (including phenoxy) is 1. The number of amides is 1. The number of hydrogen-bond acceptors (Lipinski definition) is 3. The lowest BCUT2D eigenvalue weighted by Crippen LogP contribution is -2.33. The number of aromatic nitrogens is 1. The van der Waals surface area contributed by atoms with Crippen molar-refractivity contribution >= 4 is 16.8 Å². The molecule has 1 N–H and O–H groups in total. The highest BCUT2D eigenvalue weighted by Gasteiger charge is 2.11. The van der Waals surface area contributed by atoms with Crippen molar-refractivity contribution in [3.05, 3.63) is 36.0 Å². The predicted octanol–water partition coefficient (Wildman–Crippen LogP) is 3.16. The van der Waals surface area contributed by atoms with Crippen LogP contribution in [0.1, 0.15) is 37.0 Å². The Hall–Kier alpha value is -2.10. The Morgan fingerprint density at radius 2 is 2.05 bits per heavy atom. The molecular weight excluding hydrogens is 252 g/mol. The number of carbonyl (C=O) groups is 1. The molecule has 2 aromatic rings. The molecule has 0 aliphatic carbocycles. The molecule has 4 heteroatoms. The molecule has 1 aromatic carbocycles. The Morgan fingerprint density at radius 3 is 2.70 bits per heavy atom. The highest BCUT2D eigenvalue weighted by atomic mass is 16.5. The fraction of sp³-hybridized carbons (Fsp3) is 0.375. The maximum absolute atomic E-state index is 12.2. The highest BCUT2D eigenvalue weighted by molar-refractivity contribution is 5.97. The molecule has 20 heavy (non-hydrogen) atoms. The van der Waals surface area contributed by atoms with Gasteiger partial charge in [-0.05, 0) is 31.0 Å². The zero-order valence-electron chi connectivity index (χ0n) is 12.1. The molecule has 0 saturated heterocycles. The van der Waals surface area contributed by atoms with Crippen LogP contribution in [0.25, 0.3) is 10.9 Å². The van der Waals surface area contributed by atoms with Crippen LogP contribution in [0.3, 0.4) is 0 Å². The minimum atomic E-state index is -0.0658. The van der Waals surface area contributed by atoms with Gasteiger partial charge in [0.15, 0.2) is 0 Å². The van der Waals surface area contributed by atoms with Crippen molar-refractivity contribution in [3.8, 4) is 5.75 Å². The lowest BCUT2D eigenvalue weighted by Gasteiger charge is -2.14. The van der Waals surface area contributed by atoms with E-state index < -0.39 is 0 Å². The molecule has 0 bridgehead atoms. The molecule has 1 amide bonds. The summed E-state index contributed by atoms with van der Waals surface area (Å²) < 4.78 is 5.16. The van der Waals surface area contributed by atoms with Gasteiger partial charge in [0.2, 0.25) is 0 Å². The van der Waals surface area contributed by atoms with Crippen molar-refractivity contribution in [2.45, 2.75) is 32.7 Å². The molecule has 2 rings (SSSR count). The summed E-state index contributed by atoms with van der Waals surface area (Å²) in [5, 5.41) is 3.95. The molecule has 4 nitrogen and oxygen atoms in total. The van der Waals surface area contributed by atoms with E-state index in [0.717, 1.165) is 29.5 Å². The van der Waals surface area contributed by atoms with Crippen molar-refractivity contribution in [2.24, 2.45) is 0 Å².